The lowest BCUT2D eigenvalue weighted by atomic mass is 10.2. The van der Waals surface area contributed by atoms with E-state index < -0.39 is 29.1 Å². The molecule has 3 heterocycles. The van der Waals surface area contributed by atoms with Crippen LogP contribution in [0.2, 0.25) is 0 Å². The Hall–Kier alpha value is -3.89. The van der Waals surface area contributed by atoms with Crippen LogP contribution in [0, 0.1) is 5.82 Å². The van der Waals surface area contributed by atoms with E-state index in [0.717, 1.165) is 4.68 Å². The predicted molar refractivity (Wildman–Crippen MR) is 106 cm³/mol. The van der Waals surface area contributed by atoms with E-state index in [2.05, 4.69) is 15.7 Å². The summed E-state index contributed by atoms with van der Waals surface area (Å²) in [7, 11) is 3.02. The first kappa shape index (κ1) is 19.4. The third kappa shape index (κ3) is 3.04. The summed E-state index contributed by atoms with van der Waals surface area (Å²) in [4.78, 5) is 39.1. The lowest BCUT2D eigenvalue weighted by Crippen LogP contribution is -2.37. The summed E-state index contributed by atoms with van der Waals surface area (Å²) >= 11 is 0. The van der Waals surface area contributed by atoms with E-state index in [1.54, 1.807) is 7.05 Å². The van der Waals surface area contributed by atoms with Gasteiger partial charge in [-0.05, 0) is 17.7 Å². The van der Waals surface area contributed by atoms with E-state index in [1.807, 2.05) is 0 Å². The summed E-state index contributed by atoms with van der Waals surface area (Å²) in [6, 6.07) is 4.94. The molecule has 0 unspecified atom stereocenters. The fourth-order valence-corrected chi connectivity index (χ4v) is 3.49. The number of benzene rings is 1. The minimum Gasteiger partial charge on any atom is -0.505 e. The molecule has 0 spiro atoms. The summed E-state index contributed by atoms with van der Waals surface area (Å²) in [5, 5.41) is 19.9. The number of halogens is 1. The van der Waals surface area contributed by atoms with Crippen molar-refractivity contribution < 1.29 is 19.1 Å². The van der Waals surface area contributed by atoms with Gasteiger partial charge in [0, 0.05) is 27.2 Å². The van der Waals surface area contributed by atoms with Crippen molar-refractivity contribution in [2.24, 2.45) is 0 Å². The van der Waals surface area contributed by atoms with E-state index in [1.165, 1.54) is 40.8 Å². The molecule has 0 saturated heterocycles. The number of carbonyl (C=O) groups is 2. The van der Waals surface area contributed by atoms with Crippen LogP contribution in [0.15, 0.2) is 29.1 Å². The number of likely N-dealkylation sites (N-methyl/N-ethyl adjacent to an activating group) is 1. The number of anilines is 1. The molecule has 1 aromatic carbocycles. The fraction of sp³-hybridized carbons (Fsp3) is 0.263. The van der Waals surface area contributed by atoms with Crippen LogP contribution >= 0.6 is 0 Å². The average molecular weight is 414 g/mol. The highest BCUT2D eigenvalue weighted by molar-refractivity contribution is 6.08. The molecule has 4 rings (SSSR count). The molecular weight excluding hydrogens is 395 g/mol. The number of carbonyl (C=O) groups excluding carboxylic acids is 2. The van der Waals surface area contributed by atoms with Crippen LogP contribution in [0.1, 0.15) is 16.1 Å². The third-order valence-electron chi connectivity index (χ3n) is 5.04. The lowest BCUT2D eigenvalue weighted by Gasteiger charge is -2.25. The molecule has 1 aliphatic rings. The van der Waals surface area contributed by atoms with Gasteiger partial charge in [0.1, 0.15) is 16.7 Å². The maximum atomic E-state index is 13.2. The number of aromatic nitrogens is 3. The van der Waals surface area contributed by atoms with Crippen molar-refractivity contribution in [3.63, 3.8) is 0 Å². The number of nitrogens with one attached hydrogen (secondary N) is 2. The second kappa shape index (κ2) is 7.17. The zero-order valence-electron chi connectivity index (χ0n) is 16.3. The van der Waals surface area contributed by atoms with E-state index in [9.17, 15) is 23.9 Å². The van der Waals surface area contributed by atoms with E-state index in [0.29, 0.717) is 18.7 Å². The van der Waals surface area contributed by atoms with Gasteiger partial charge in [-0.15, -0.1) is 5.10 Å². The van der Waals surface area contributed by atoms with Crippen molar-refractivity contribution in [2.45, 2.75) is 13.1 Å². The predicted octanol–water partition coefficient (Wildman–Crippen LogP) is 0.928. The SMILES string of the molecule is CNC(=O)Nc1nn(Cc2ccc(F)cc2)c(=O)c2c(O)c3n(c12)CCN(C)C3=O. The van der Waals surface area contributed by atoms with Gasteiger partial charge >= 0.3 is 6.03 Å². The molecule has 3 N–H and O–H groups in total. The summed E-state index contributed by atoms with van der Waals surface area (Å²) in [5.74, 6) is -1.30. The highest BCUT2D eigenvalue weighted by Gasteiger charge is 2.33. The molecule has 30 heavy (non-hydrogen) atoms. The van der Waals surface area contributed by atoms with Crippen LogP contribution in [0.5, 0.6) is 5.75 Å². The standard InChI is InChI=1S/C19H19FN6O4/c1-21-19(30)22-16-13-12(15(27)14-18(29)24(2)7-8-25(13)14)17(28)26(23-16)9-10-3-5-11(20)6-4-10/h3-6,27H,7-9H2,1-2H3,(H2,21,22,23,30). The van der Waals surface area contributed by atoms with Crippen LogP contribution in [0.3, 0.4) is 0 Å². The number of urea groups is 1. The molecule has 3 amide bonds. The summed E-state index contributed by atoms with van der Waals surface area (Å²) in [5.41, 5.74) is 0.104. The van der Waals surface area contributed by atoms with Crippen molar-refractivity contribution in [1.29, 1.82) is 0 Å². The molecule has 0 bridgehead atoms. The van der Waals surface area contributed by atoms with Gasteiger partial charge in [0.2, 0.25) is 0 Å². The molecule has 0 fully saturated rings. The molecule has 1 aliphatic heterocycles. The molecule has 0 radical (unpaired) electrons. The number of fused-ring (bicyclic) bond motifs is 3. The number of rotatable bonds is 3. The highest BCUT2D eigenvalue weighted by atomic mass is 19.1. The van der Waals surface area contributed by atoms with Gasteiger partial charge in [-0.3, -0.25) is 14.9 Å². The van der Waals surface area contributed by atoms with Crippen LogP contribution in [0.25, 0.3) is 10.9 Å². The minimum absolute atomic E-state index is 0.0185. The van der Waals surface area contributed by atoms with Gasteiger partial charge in [-0.25, -0.2) is 13.9 Å². The molecule has 156 valence electrons. The normalized spacial score (nSPS) is 13.4. The minimum atomic E-state index is -0.633. The van der Waals surface area contributed by atoms with Crippen molar-refractivity contribution in [1.82, 2.24) is 24.6 Å². The zero-order valence-corrected chi connectivity index (χ0v) is 16.3. The van der Waals surface area contributed by atoms with Gasteiger partial charge < -0.3 is 19.9 Å². The number of hydrogen-bond acceptors (Lipinski definition) is 5. The maximum Gasteiger partial charge on any atom is 0.320 e. The molecule has 0 aliphatic carbocycles. The van der Waals surface area contributed by atoms with E-state index >= 15 is 0 Å². The first-order chi connectivity index (χ1) is 14.3. The Balaban J connectivity index is 1.96. The first-order valence-electron chi connectivity index (χ1n) is 9.16. The molecular formula is C19H19FN6O4. The first-order valence-corrected chi connectivity index (χ1v) is 9.16. The largest absolute Gasteiger partial charge is 0.505 e. The Morgan fingerprint density at radius 3 is 2.60 bits per heavy atom. The van der Waals surface area contributed by atoms with E-state index in [4.69, 9.17) is 0 Å². The zero-order chi connectivity index (χ0) is 21.6. The molecule has 11 heteroatoms. The Morgan fingerprint density at radius 1 is 1.23 bits per heavy atom. The quantitative estimate of drug-likeness (QED) is 0.589. The number of amides is 3. The highest BCUT2D eigenvalue weighted by Crippen LogP contribution is 2.35. The molecule has 2 aromatic heterocycles. The number of nitrogens with zero attached hydrogens (tertiary/aromatic N) is 4. The van der Waals surface area contributed by atoms with Crippen molar-refractivity contribution in [3.05, 3.63) is 51.7 Å². The molecule has 0 atom stereocenters. The van der Waals surface area contributed by atoms with Gasteiger partial charge in [0.15, 0.2) is 17.3 Å². The second-order valence-corrected chi connectivity index (χ2v) is 6.94. The number of aromatic hydroxyl groups is 1. The average Bonchev–Trinajstić information content (AvgIpc) is 3.03. The van der Waals surface area contributed by atoms with Crippen molar-refractivity contribution in [2.75, 3.05) is 26.0 Å². The smallest absolute Gasteiger partial charge is 0.320 e. The van der Waals surface area contributed by atoms with Gasteiger partial charge in [-0.1, -0.05) is 12.1 Å². The summed E-state index contributed by atoms with van der Waals surface area (Å²) < 4.78 is 15.8. The van der Waals surface area contributed by atoms with Gasteiger partial charge in [0.25, 0.3) is 11.5 Å². The maximum absolute atomic E-state index is 13.2. The van der Waals surface area contributed by atoms with Gasteiger partial charge in [0.05, 0.1) is 6.54 Å². The Labute approximate surface area is 169 Å². The van der Waals surface area contributed by atoms with Crippen LogP contribution < -0.4 is 16.2 Å². The van der Waals surface area contributed by atoms with Crippen LogP contribution in [0.4, 0.5) is 15.0 Å². The Kier molecular flexibility index (Phi) is 4.65. The van der Waals surface area contributed by atoms with Crippen LogP contribution in [-0.4, -0.2) is 56.9 Å². The topological polar surface area (TPSA) is 121 Å². The number of hydrogen-bond donors (Lipinski definition) is 3. The van der Waals surface area contributed by atoms with Crippen LogP contribution in [-0.2, 0) is 13.1 Å². The van der Waals surface area contributed by atoms with Crippen molar-refractivity contribution >= 4 is 28.7 Å². The fourth-order valence-electron chi connectivity index (χ4n) is 3.49. The monoisotopic (exact) mass is 414 g/mol. The summed E-state index contributed by atoms with van der Waals surface area (Å²) in [6.45, 7) is 0.665. The second-order valence-electron chi connectivity index (χ2n) is 6.94. The Bertz CT molecular complexity index is 1230. The lowest BCUT2D eigenvalue weighted by molar-refractivity contribution is 0.0747. The molecule has 0 saturated carbocycles. The molecule has 3 aromatic rings. The summed E-state index contributed by atoms with van der Waals surface area (Å²) in [6.07, 6.45) is 0. The van der Waals surface area contributed by atoms with Crippen molar-refractivity contribution in [3.8, 4) is 5.75 Å². The molecule has 10 nitrogen and oxygen atoms in total. The van der Waals surface area contributed by atoms with E-state index in [-0.39, 0.29) is 29.0 Å². The van der Waals surface area contributed by atoms with Gasteiger partial charge in [-0.2, -0.15) is 0 Å². The Morgan fingerprint density at radius 2 is 1.93 bits per heavy atom. The third-order valence-corrected chi connectivity index (χ3v) is 5.04.